The number of carbonyl (C=O) groups is 2. The van der Waals surface area contributed by atoms with Gasteiger partial charge in [-0.1, -0.05) is 54.6 Å². The molecule has 0 bridgehead atoms. The molecule has 168 valence electrons. The molecule has 0 aliphatic carbocycles. The first-order valence-corrected chi connectivity index (χ1v) is 10.9. The molecular formula is C22H17N3O7S. The molecule has 11 heteroatoms. The first-order valence-electron chi connectivity index (χ1n) is 9.55. The van der Waals surface area contributed by atoms with Crippen molar-refractivity contribution >= 4 is 55.2 Å². The lowest BCUT2D eigenvalue weighted by atomic mass is 10.1. The second-order valence-electron chi connectivity index (χ2n) is 7.03. The van der Waals surface area contributed by atoms with Crippen molar-refractivity contribution in [2.75, 3.05) is 10.8 Å². The highest BCUT2D eigenvalue weighted by Gasteiger charge is 2.29. The van der Waals surface area contributed by atoms with E-state index in [1.54, 1.807) is 30.3 Å². The Bertz CT molecular complexity index is 1520. The summed E-state index contributed by atoms with van der Waals surface area (Å²) in [7, 11) is -4.95. The Labute approximate surface area is 187 Å². The summed E-state index contributed by atoms with van der Waals surface area (Å²) >= 11 is 0. The largest absolute Gasteiger partial charge is 0.505 e. The Hall–Kier alpha value is -4.22. The molecule has 33 heavy (non-hydrogen) atoms. The highest BCUT2D eigenvalue weighted by atomic mass is 32.2. The van der Waals surface area contributed by atoms with E-state index in [1.165, 1.54) is 24.3 Å². The van der Waals surface area contributed by atoms with Crippen LogP contribution in [0.25, 0.3) is 21.5 Å². The van der Waals surface area contributed by atoms with Crippen LogP contribution in [0, 0.1) is 0 Å². The zero-order valence-corrected chi connectivity index (χ0v) is 17.7. The molecule has 0 saturated carbocycles. The van der Waals surface area contributed by atoms with Crippen LogP contribution < -0.4 is 9.62 Å². The second-order valence-corrected chi connectivity index (χ2v) is 8.29. The minimum atomic E-state index is -4.95. The number of hydrogen-bond donors (Lipinski definition) is 4. The summed E-state index contributed by atoms with van der Waals surface area (Å²) < 4.78 is 35.6. The van der Waals surface area contributed by atoms with Gasteiger partial charge in [0.1, 0.15) is 6.54 Å². The molecule has 1 amide bonds. The van der Waals surface area contributed by atoms with Crippen LogP contribution in [-0.4, -0.2) is 46.6 Å². The van der Waals surface area contributed by atoms with Gasteiger partial charge in [-0.25, -0.2) is 4.98 Å². The number of hydrogen-bond acceptors (Lipinski definition) is 6. The zero-order valence-electron chi connectivity index (χ0n) is 16.8. The van der Waals surface area contributed by atoms with Gasteiger partial charge >= 0.3 is 16.3 Å². The average Bonchev–Trinajstić information content (AvgIpc) is 2.78. The molecule has 0 radical (unpaired) electrons. The number of aromatic hydroxyl groups is 1. The van der Waals surface area contributed by atoms with Crippen molar-refractivity contribution in [3.63, 3.8) is 0 Å². The number of aromatic nitrogens is 1. The smallest absolute Gasteiger partial charge is 0.365 e. The van der Waals surface area contributed by atoms with Crippen LogP contribution in [-0.2, 0) is 15.1 Å². The molecule has 0 atom stereocenters. The molecule has 0 spiro atoms. The lowest BCUT2D eigenvalue weighted by Gasteiger charge is -2.23. The summed E-state index contributed by atoms with van der Waals surface area (Å²) in [5.41, 5.74) is -0.559. The number of carbonyl (C=O) groups excluding carboxylic acids is 1. The fourth-order valence-electron chi connectivity index (χ4n) is 3.45. The number of anilines is 2. The van der Waals surface area contributed by atoms with E-state index < -0.39 is 40.2 Å². The maximum absolute atomic E-state index is 12.5. The maximum Gasteiger partial charge on any atom is 0.365 e. The number of fused-ring (bicyclic) bond motifs is 2. The number of carboxylic acids is 1. The van der Waals surface area contributed by atoms with Crippen molar-refractivity contribution < 1.29 is 32.8 Å². The maximum atomic E-state index is 12.5. The molecule has 0 aliphatic heterocycles. The lowest BCUT2D eigenvalue weighted by Crippen LogP contribution is -2.31. The minimum absolute atomic E-state index is 0.0384. The van der Waals surface area contributed by atoms with E-state index >= 15 is 0 Å². The third-order valence-corrected chi connectivity index (χ3v) is 5.72. The summed E-state index contributed by atoms with van der Waals surface area (Å²) in [5, 5.41) is 23.2. The average molecular weight is 467 g/mol. The molecule has 0 aliphatic rings. The minimum Gasteiger partial charge on any atom is -0.505 e. The summed E-state index contributed by atoms with van der Waals surface area (Å²) in [4.78, 5) is 27.4. The van der Waals surface area contributed by atoms with Crippen LogP contribution in [0.5, 0.6) is 5.75 Å². The molecule has 4 rings (SSSR count). The fraction of sp³-hybridized carbons (Fsp3) is 0.0455. The summed E-state index contributed by atoms with van der Waals surface area (Å²) in [6.45, 7) is -0.741. The molecule has 1 heterocycles. The topological polar surface area (TPSA) is 157 Å². The van der Waals surface area contributed by atoms with E-state index in [2.05, 4.69) is 10.3 Å². The van der Waals surface area contributed by atoms with E-state index in [9.17, 15) is 27.7 Å². The summed E-state index contributed by atoms with van der Waals surface area (Å²) in [6, 6.07) is 17.8. The van der Waals surface area contributed by atoms with Crippen LogP contribution in [0.3, 0.4) is 0 Å². The van der Waals surface area contributed by atoms with E-state index in [-0.39, 0.29) is 22.3 Å². The second kappa shape index (κ2) is 8.37. The van der Waals surface area contributed by atoms with Gasteiger partial charge in [-0.05, 0) is 22.9 Å². The summed E-state index contributed by atoms with van der Waals surface area (Å²) in [5.74, 6) is -3.26. The van der Waals surface area contributed by atoms with Crippen molar-refractivity contribution in [1.29, 1.82) is 0 Å². The van der Waals surface area contributed by atoms with Gasteiger partial charge in [-0.3, -0.25) is 14.1 Å². The standard InChI is InChI=1S/C22H17N3O7S/c26-18(27)12-23-22(29)19-20(28)16-7-3-4-8-17(16)21(24-19)25(33(30,31)32)15-10-9-13-5-1-2-6-14(13)11-15/h1-11,28H,12H2,(H,23,29)(H,26,27)(H,30,31,32). The SMILES string of the molecule is O=C(O)CNC(=O)c1nc(N(c2ccc3ccccc3c2)S(=O)(=O)O)c2ccccc2c1O. The number of nitrogens with zero attached hydrogens (tertiary/aromatic N) is 2. The molecule has 4 N–H and O–H groups in total. The normalized spacial score (nSPS) is 11.4. The number of pyridine rings is 1. The molecule has 0 saturated heterocycles. The molecule has 10 nitrogen and oxygen atoms in total. The third-order valence-electron chi connectivity index (χ3n) is 4.87. The predicted octanol–water partition coefficient (Wildman–Crippen LogP) is 2.85. The van der Waals surface area contributed by atoms with Crippen molar-refractivity contribution in [2.45, 2.75) is 0 Å². The Kier molecular flexibility index (Phi) is 5.58. The van der Waals surface area contributed by atoms with Crippen molar-refractivity contribution in [1.82, 2.24) is 10.3 Å². The van der Waals surface area contributed by atoms with Gasteiger partial charge in [0.05, 0.1) is 5.69 Å². The van der Waals surface area contributed by atoms with Crippen LogP contribution in [0.4, 0.5) is 11.5 Å². The Morgan fingerprint density at radius 3 is 2.24 bits per heavy atom. The molecule has 1 aromatic heterocycles. The van der Waals surface area contributed by atoms with E-state index in [0.717, 1.165) is 5.39 Å². The molecule has 4 aromatic rings. The third kappa shape index (κ3) is 4.27. The van der Waals surface area contributed by atoms with Crippen molar-refractivity contribution in [3.8, 4) is 5.75 Å². The number of carboxylic acid groups (broad SMARTS) is 1. The van der Waals surface area contributed by atoms with Gasteiger partial charge in [0.15, 0.2) is 17.3 Å². The first kappa shape index (κ1) is 22.0. The highest BCUT2D eigenvalue weighted by molar-refractivity contribution is 7.87. The van der Waals surface area contributed by atoms with Gasteiger partial charge < -0.3 is 15.5 Å². The number of benzene rings is 3. The van der Waals surface area contributed by atoms with E-state index in [4.69, 9.17) is 5.11 Å². The van der Waals surface area contributed by atoms with Gasteiger partial charge in [-0.2, -0.15) is 12.7 Å². The number of aliphatic carboxylic acids is 1. The number of nitrogens with one attached hydrogen (secondary N) is 1. The van der Waals surface area contributed by atoms with Crippen LogP contribution in [0.1, 0.15) is 10.5 Å². The summed E-state index contributed by atoms with van der Waals surface area (Å²) in [6.07, 6.45) is 0. The van der Waals surface area contributed by atoms with Crippen LogP contribution in [0.2, 0.25) is 0 Å². The Morgan fingerprint density at radius 2 is 1.58 bits per heavy atom. The van der Waals surface area contributed by atoms with Gasteiger partial charge in [0, 0.05) is 10.8 Å². The monoisotopic (exact) mass is 467 g/mol. The zero-order chi connectivity index (χ0) is 23.8. The molecule has 3 aromatic carbocycles. The molecule has 0 fully saturated rings. The van der Waals surface area contributed by atoms with Gasteiger partial charge in [0.2, 0.25) is 0 Å². The van der Waals surface area contributed by atoms with Crippen molar-refractivity contribution in [3.05, 3.63) is 72.4 Å². The Balaban J connectivity index is 1.98. The highest BCUT2D eigenvalue weighted by Crippen LogP contribution is 2.38. The van der Waals surface area contributed by atoms with Gasteiger partial charge in [0.25, 0.3) is 5.91 Å². The number of amides is 1. The Morgan fingerprint density at radius 1 is 0.939 bits per heavy atom. The molecular weight excluding hydrogens is 450 g/mol. The predicted molar refractivity (Wildman–Crippen MR) is 121 cm³/mol. The number of rotatable bonds is 6. The first-order chi connectivity index (χ1) is 15.7. The lowest BCUT2D eigenvalue weighted by molar-refractivity contribution is -0.135. The van der Waals surface area contributed by atoms with E-state index in [0.29, 0.717) is 9.69 Å². The van der Waals surface area contributed by atoms with E-state index in [1.807, 2.05) is 12.1 Å². The van der Waals surface area contributed by atoms with Crippen molar-refractivity contribution in [2.24, 2.45) is 0 Å². The fourth-order valence-corrected chi connectivity index (χ4v) is 4.19. The van der Waals surface area contributed by atoms with Crippen LogP contribution >= 0.6 is 0 Å². The molecule has 0 unspecified atom stereocenters. The quantitative estimate of drug-likeness (QED) is 0.315. The van der Waals surface area contributed by atoms with Gasteiger partial charge in [-0.15, -0.1) is 0 Å². The van der Waals surface area contributed by atoms with Crippen LogP contribution in [0.15, 0.2) is 66.7 Å².